The van der Waals surface area contributed by atoms with Crippen molar-refractivity contribution in [2.75, 3.05) is 26.2 Å². The summed E-state index contributed by atoms with van der Waals surface area (Å²) in [7, 11) is 0. The van der Waals surface area contributed by atoms with Crippen LogP contribution in [0.15, 0.2) is 41.6 Å². The molecule has 1 saturated heterocycles. The molecule has 1 aliphatic heterocycles. The molecule has 0 radical (unpaired) electrons. The number of amides is 2. The second-order valence-electron chi connectivity index (χ2n) is 10.5. The fraction of sp³-hybridized carbons (Fsp3) is 0.500. The Morgan fingerprint density at radius 2 is 2.03 bits per heavy atom. The molecule has 1 aromatic heterocycles. The Morgan fingerprint density at radius 1 is 1.24 bits per heavy atom. The van der Waals surface area contributed by atoms with E-state index in [0.717, 1.165) is 65.0 Å². The van der Waals surface area contributed by atoms with E-state index in [9.17, 15) is 9.59 Å². The van der Waals surface area contributed by atoms with Gasteiger partial charge in [0.25, 0.3) is 5.91 Å². The van der Waals surface area contributed by atoms with Crippen molar-refractivity contribution in [2.45, 2.75) is 65.8 Å². The SMILES string of the molecule is CCCOC(=O)N1CCN(C(=O)c2ccc3c(Cl)c4c(nc3c2)CC(/C(N)=C/C=C(/C)CC)CC4)C[C@H]1C. The van der Waals surface area contributed by atoms with Gasteiger partial charge < -0.3 is 20.3 Å². The highest BCUT2D eigenvalue weighted by atomic mass is 35.5. The molecule has 2 atom stereocenters. The van der Waals surface area contributed by atoms with Gasteiger partial charge in [-0.05, 0) is 69.7 Å². The Balaban J connectivity index is 1.52. The molecule has 1 unspecified atom stereocenters. The van der Waals surface area contributed by atoms with Crippen LogP contribution >= 0.6 is 11.6 Å². The number of piperazine rings is 1. The summed E-state index contributed by atoms with van der Waals surface area (Å²) in [6.45, 7) is 9.91. The third-order valence-corrected chi connectivity index (χ3v) is 8.13. The molecule has 2 heterocycles. The van der Waals surface area contributed by atoms with Crippen LogP contribution in [0.2, 0.25) is 5.02 Å². The van der Waals surface area contributed by atoms with Crippen molar-refractivity contribution >= 4 is 34.5 Å². The monoisotopic (exact) mass is 538 g/mol. The quantitative estimate of drug-likeness (QED) is 0.463. The summed E-state index contributed by atoms with van der Waals surface area (Å²) in [6.07, 6.45) is 8.09. The van der Waals surface area contributed by atoms with E-state index < -0.39 is 0 Å². The Labute approximate surface area is 230 Å². The smallest absolute Gasteiger partial charge is 0.410 e. The number of pyridine rings is 1. The molecule has 0 bridgehead atoms. The van der Waals surface area contributed by atoms with E-state index in [1.807, 2.05) is 38.1 Å². The van der Waals surface area contributed by atoms with Crippen molar-refractivity contribution in [2.24, 2.45) is 11.7 Å². The average molecular weight is 539 g/mol. The minimum atomic E-state index is -0.314. The molecule has 204 valence electrons. The van der Waals surface area contributed by atoms with E-state index in [1.54, 1.807) is 9.80 Å². The minimum absolute atomic E-state index is 0.0703. The maximum atomic E-state index is 13.4. The highest BCUT2D eigenvalue weighted by Crippen LogP contribution is 2.36. The molecule has 7 nitrogen and oxygen atoms in total. The lowest BCUT2D eigenvalue weighted by atomic mass is 9.84. The lowest BCUT2D eigenvalue weighted by Gasteiger charge is -2.39. The number of nitrogens with two attached hydrogens (primary N) is 1. The first-order valence-corrected chi connectivity index (χ1v) is 14.1. The van der Waals surface area contributed by atoms with E-state index in [-0.39, 0.29) is 24.0 Å². The van der Waals surface area contributed by atoms with Crippen LogP contribution < -0.4 is 5.73 Å². The lowest BCUT2D eigenvalue weighted by Crippen LogP contribution is -2.55. The molecule has 8 heteroatoms. The van der Waals surface area contributed by atoms with Gasteiger partial charge in [0.15, 0.2) is 0 Å². The first-order valence-electron chi connectivity index (χ1n) is 13.7. The van der Waals surface area contributed by atoms with Gasteiger partial charge in [0, 0.05) is 53.9 Å². The number of rotatable bonds is 6. The fourth-order valence-electron chi connectivity index (χ4n) is 5.17. The molecule has 2 N–H and O–H groups in total. The number of carbonyl (C=O) groups excluding carboxylic acids is 2. The number of halogens is 1. The molecular weight excluding hydrogens is 500 g/mol. The van der Waals surface area contributed by atoms with Crippen molar-refractivity contribution in [1.82, 2.24) is 14.8 Å². The molecule has 0 saturated carbocycles. The molecule has 2 aliphatic rings. The van der Waals surface area contributed by atoms with Gasteiger partial charge in [-0.2, -0.15) is 0 Å². The third-order valence-electron chi connectivity index (χ3n) is 7.70. The average Bonchev–Trinajstić information content (AvgIpc) is 2.93. The van der Waals surface area contributed by atoms with E-state index in [1.165, 1.54) is 5.57 Å². The normalized spacial score (nSPS) is 20.4. The predicted octanol–water partition coefficient (Wildman–Crippen LogP) is 5.88. The van der Waals surface area contributed by atoms with Crippen LogP contribution in [-0.2, 0) is 17.6 Å². The van der Waals surface area contributed by atoms with Crippen LogP contribution in [0.5, 0.6) is 0 Å². The van der Waals surface area contributed by atoms with Crippen LogP contribution in [0.1, 0.15) is 68.6 Å². The van der Waals surface area contributed by atoms with E-state index >= 15 is 0 Å². The number of fused-ring (bicyclic) bond motifs is 2. The summed E-state index contributed by atoms with van der Waals surface area (Å²) in [4.78, 5) is 34.2. The maximum absolute atomic E-state index is 13.4. The van der Waals surface area contributed by atoms with Crippen molar-refractivity contribution < 1.29 is 14.3 Å². The van der Waals surface area contributed by atoms with Gasteiger partial charge in [-0.25, -0.2) is 4.79 Å². The van der Waals surface area contributed by atoms with Crippen molar-refractivity contribution in [3.05, 3.63) is 63.5 Å². The topological polar surface area (TPSA) is 88.8 Å². The Morgan fingerprint density at radius 3 is 2.74 bits per heavy atom. The highest BCUT2D eigenvalue weighted by molar-refractivity contribution is 6.36. The van der Waals surface area contributed by atoms with Crippen LogP contribution in [0.3, 0.4) is 0 Å². The first-order chi connectivity index (χ1) is 18.2. The van der Waals surface area contributed by atoms with E-state index in [0.29, 0.717) is 31.8 Å². The predicted molar refractivity (Wildman–Crippen MR) is 152 cm³/mol. The maximum Gasteiger partial charge on any atom is 0.410 e. The molecular formula is C30H39ClN4O3. The Hall–Kier alpha value is -3.06. The number of aromatic nitrogens is 1. The van der Waals surface area contributed by atoms with Gasteiger partial charge >= 0.3 is 6.09 Å². The summed E-state index contributed by atoms with van der Waals surface area (Å²) < 4.78 is 5.29. The lowest BCUT2D eigenvalue weighted by molar-refractivity contribution is 0.0412. The van der Waals surface area contributed by atoms with E-state index in [4.69, 9.17) is 27.1 Å². The van der Waals surface area contributed by atoms with Gasteiger partial charge in [-0.3, -0.25) is 9.78 Å². The molecule has 1 fully saturated rings. The Bertz CT molecular complexity index is 1270. The molecule has 1 aliphatic carbocycles. The molecule has 1 aromatic carbocycles. The van der Waals surface area contributed by atoms with Crippen molar-refractivity contribution in [1.29, 1.82) is 0 Å². The van der Waals surface area contributed by atoms with Crippen LogP contribution in [0, 0.1) is 5.92 Å². The summed E-state index contributed by atoms with van der Waals surface area (Å²) in [5, 5.41) is 1.59. The minimum Gasteiger partial charge on any atom is -0.449 e. The van der Waals surface area contributed by atoms with Crippen LogP contribution in [0.4, 0.5) is 4.79 Å². The number of hydrogen-bond acceptors (Lipinski definition) is 5. The zero-order valence-corrected chi connectivity index (χ0v) is 23.7. The van der Waals surface area contributed by atoms with Gasteiger partial charge in [-0.1, -0.05) is 43.2 Å². The summed E-state index contributed by atoms with van der Waals surface area (Å²) >= 11 is 6.85. The zero-order valence-electron chi connectivity index (χ0n) is 22.9. The number of carbonyl (C=O) groups is 2. The molecule has 4 rings (SSSR count). The van der Waals surface area contributed by atoms with Gasteiger partial charge in [0.1, 0.15) is 0 Å². The first kappa shape index (κ1) is 28.0. The number of benzene rings is 1. The van der Waals surface area contributed by atoms with Crippen molar-refractivity contribution in [3.8, 4) is 0 Å². The highest BCUT2D eigenvalue weighted by Gasteiger charge is 2.31. The number of hydrogen-bond donors (Lipinski definition) is 1. The number of allylic oxidation sites excluding steroid dienone is 4. The summed E-state index contributed by atoms with van der Waals surface area (Å²) in [5.74, 6) is 0.148. The van der Waals surface area contributed by atoms with E-state index in [2.05, 4.69) is 19.9 Å². The Kier molecular flexibility index (Phi) is 8.98. The largest absolute Gasteiger partial charge is 0.449 e. The second-order valence-corrected chi connectivity index (χ2v) is 10.8. The summed E-state index contributed by atoms with van der Waals surface area (Å²) in [5.41, 5.74) is 11.9. The second kappa shape index (κ2) is 12.2. The van der Waals surface area contributed by atoms with Crippen LogP contribution in [0.25, 0.3) is 10.9 Å². The van der Waals surface area contributed by atoms with Gasteiger partial charge in [0.2, 0.25) is 0 Å². The van der Waals surface area contributed by atoms with Crippen LogP contribution in [-0.4, -0.2) is 59.1 Å². The number of ether oxygens (including phenoxy) is 1. The van der Waals surface area contributed by atoms with Gasteiger partial charge in [0.05, 0.1) is 17.1 Å². The third kappa shape index (κ3) is 5.98. The zero-order chi connectivity index (χ0) is 27.4. The molecule has 38 heavy (non-hydrogen) atoms. The molecule has 0 spiro atoms. The molecule has 2 aromatic rings. The fourth-order valence-corrected chi connectivity index (χ4v) is 5.53. The standard InChI is InChI=1S/C30H39ClN4O3/c1-5-15-38-30(37)35-14-13-34(18-20(35)4)29(36)22-9-11-24-27(17-22)33-26-16-21(8-10-23(26)28(24)31)25(32)12-7-19(3)6-2/h7,9,11-12,17,20-21H,5-6,8,10,13-16,18,32H2,1-4H3/b19-7-,25-12-/t20-,21?/m1/s1. The van der Waals surface area contributed by atoms with Gasteiger partial charge in [-0.15, -0.1) is 0 Å². The number of nitrogens with zero attached hydrogens (tertiary/aromatic N) is 3. The molecule has 2 amide bonds. The summed E-state index contributed by atoms with van der Waals surface area (Å²) in [6, 6.07) is 5.44. The van der Waals surface area contributed by atoms with Crippen molar-refractivity contribution in [3.63, 3.8) is 0 Å².